The lowest BCUT2D eigenvalue weighted by Gasteiger charge is -2.16. The summed E-state index contributed by atoms with van der Waals surface area (Å²) in [6, 6.07) is 9.13. The maximum Gasteiger partial charge on any atom is 0.237 e. The summed E-state index contributed by atoms with van der Waals surface area (Å²) in [7, 11) is 0. The SMILES string of the molecule is Cc1cnc(C(C)NC(=O)C(N)Cc2ccccc2)s1.Cl.Cl. The van der Waals surface area contributed by atoms with Crippen LogP contribution in [0.4, 0.5) is 0 Å². The van der Waals surface area contributed by atoms with Gasteiger partial charge in [0, 0.05) is 11.1 Å². The number of nitrogens with zero attached hydrogens (tertiary/aromatic N) is 1. The molecule has 7 heteroatoms. The first-order valence-corrected chi connectivity index (χ1v) is 7.40. The maximum atomic E-state index is 12.1. The normalized spacial score (nSPS) is 12.5. The van der Waals surface area contributed by atoms with Crippen LogP contribution < -0.4 is 11.1 Å². The molecule has 0 spiro atoms. The minimum atomic E-state index is -0.541. The Hall–Kier alpha value is -1.14. The van der Waals surface area contributed by atoms with Gasteiger partial charge in [0.1, 0.15) is 5.01 Å². The van der Waals surface area contributed by atoms with Crippen molar-refractivity contribution in [2.45, 2.75) is 32.4 Å². The van der Waals surface area contributed by atoms with Gasteiger partial charge in [0.2, 0.25) is 5.91 Å². The van der Waals surface area contributed by atoms with Gasteiger partial charge in [0.25, 0.3) is 0 Å². The molecule has 1 heterocycles. The fourth-order valence-corrected chi connectivity index (χ4v) is 2.69. The molecular formula is C15H21Cl2N3OS. The van der Waals surface area contributed by atoms with Crippen LogP contribution in [0, 0.1) is 6.92 Å². The quantitative estimate of drug-likeness (QED) is 0.859. The van der Waals surface area contributed by atoms with Gasteiger partial charge in [0.15, 0.2) is 0 Å². The third-order valence-electron chi connectivity index (χ3n) is 3.00. The van der Waals surface area contributed by atoms with Crippen LogP contribution in [-0.4, -0.2) is 16.9 Å². The van der Waals surface area contributed by atoms with Crippen molar-refractivity contribution < 1.29 is 4.79 Å². The third-order valence-corrected chi connectivity index (χ3v) is 4.10. The third kappa shape index (κ3) is 5.93. The summed E-state index contributed by atoms with van der Waals surface area (Å²) in [5.41, 5.74) is 7.01. The minimum Gasteiger partial charge on any atom is -0.346 e. The summed E-state index contributed by atoms with van der Waals surface area (Å²) >= 11 is 1.59. The van der Waals surface area contributed by atoms with Crippen molar-refractivity contribution in [1.82, 2.24) is 10.3 Å². The minimum absolute atomic E-state index is 0. The van der Waals surface area contributed by atoms with E-state index >= 15 is 0 Å². The lowest BCUT2D eigenvalue weighted by molar-refractivity contribution is -0.123. The van der Waals surface area contributed by atoms with Crippen LogP contribution >= 0.6 is 36.2 Å². The number of carbonyl (C=O) groups excluding carboxylic acids is 1. The summed E-state index contributed by atoms with van der Waals surface area (Å²) < 4.78 is 0. The summed E-state index contributed by atoms with van der Waals surface area (Å²) in [5.74, 6) is -0.144. The number of rotatable bonds is 5. The topological polar surface area (TPSA) is 68.0 Å². The molecule has 1 aromatic heterocycles. The zero-order chi connectivity index (χ0) is 14.5. The van der Waals surface area contributed by atoms with Crippen LogP contribution in [0.2, 0.25) is 0 Å². The van der Waals surface area contributed by atoms with E-state index in [4.69, 9.17) is 5.73 Å². The second-order valence-corrected chi connectivity index (χ2v) is 6.10. The highest BCUT2D eigenvalue weighted by Gasteiger charge is 2.18. The van der Waals surface area contributed by atoms with Gasteiger partial charge in [-0.05, 0) is 25.8 Å². The lowest BCUT2D eigenvalue weighted by Crippen LogP contribution is -2.42. The molecule has 1 amide bonds. The molecule has 0 aliphatic rings. The van der Waals surface area contributed by atoms with E-state index in [1.807, 2.05) is 50.4 Å². The Morgan fingerprint density at radius 2 is 1.95 bits per heavy atom. The smallest absolute Gasteiger partial charge is 0.237 e. The van der Waals surface area contributed by atoms with E-state index in [0.29, 0.717) is 6.42 Å². The number of hydrogen-bond acceptors (Lipinski definition) is 4. The molecule has 2 aromatic rings. The van der Waals surface area contributed by atoms with Crippen LogP contribution in [0.25, 0.3) is 0 Å². The average molecular weight is 362 g/mol. The number of benzene rings is 1. The number of aromatic nitrogens is 1. The van der Waals surface area contributed by atoms with Gasteiger partial charge in [-0.15, -0.1) is 36.2 Å². The molecule has 0 radical (unpaired) electrons. The second-order valence-electron chi connectivity index (χ2n) is 4.84. The molecule has 1 aromatic carbocycles. The second kappa shape index (κ2) is 9.79. The molecule has 0 saturated carbocycles. The average Bonchev–Trinajstić information content (AvgIpc) is 2.86. The number of carbonyl (C=O) groups is 1. The number of aryl methyl sites for hydroxylation is 1. The highest BCUT2D eigenvalue weighted by molar-refractivity contribution is 7.11. The molecule has 122 valence electrons. The Kier molecular flexibility index (Phi) is 9.28. The first-order valence-electron chi connectivity index (χ1n) is 6.58. The largest absolute Gasteiger partial charge is 0.346 e. The Balaban J connectivity index is 0.00000220. The van der Waals surface area contributed by atoms with Crippen molar-refractivity contribution in [3.05, 3.63) is 52.0 Å². The lowest BCUT2D eigenvalue weighted by atomic mass is 10.1. The molecule has 0 saturated heterocycles. The van der Waals surface area contributed by atoms with Crippen molar-refractivity contribution in [3.63, 3.8) is 0 Å². The molecule has 22 heavy (non-hydrogen) atoms. The zero-order valence-corrected chi connectivity index (χ0v) is 14.9. The van der Waals surface area contributed by atoms with Crippen LogP contribution in [-0.2, 0) is 11.2 Å². The van der Waals surface area contributed by atoms with Crippen LogP contribution in [0.1, 0.15) is 28.4 Å². The summed E-state index contributed by atoms with van der Waals surface area (Å²) in [6.45, 7) is 3.92. The fraction of sp³-hybridized carbons (Fsp3) is 0.333. The number of amides is 1. The highest BCUT2D eigenvalue weighted by Crippen LogP contribution is 2.18. The van der Waals surface area contributed by atoms with E-state index in [-0.39, 0.29) is 36.8 Å². The van der Waals surface area contributed by atoms with Gasteiger partial charge in [-0.2, -0.15) is 0 Å². The number of thiazole rings is 1. The molecule has 0 aliphatic carbocycles. The Morgan fingerprint density at radius 3 is 2.50 bits per heavy atom. The summed E-state index contributed by atoms with van der Waals surface area (Å²) in [6.07, 6.45) is 2.35. The van der Waals surface area contributed by atoms with E-state index in [0.717, 1.165) is 15.4 Å². The molecule has 0 aliphatic heterocycles. The van der Waals surface area contributed by atoms with Gasteiger partial charge in [-0.3, -0.25) is 4.79 Å². The Bertz CT molecular complexity index is 577. The van der Waals surface area contributed by atoms with E-state index in [2.05, 4.69) is 10.3 Å². The molecular weight excluding hydrogens is 341 g/mol. The first kappa shape index (κ1) is 20.9. The van der Waals surface area contributed by atoms with Gasteiger partial charge < -0.3 is 11.1 Å². The predicted molar refractivity (Wildman–Crippen MR) is 96.0 cm³/mol. The van der Waals surface area contributed by atoms with Crippen molar-refractivity contribution in [1.29, 1.82) is 0 Å². The maximum absolute atomic E-state index is 12.1. The van der Waals surface area contributed by atoms with E-state index < -0.39 is 6.04 Å². The van der Waals surface area contributed by atoms with E-state index in [1.54, 1.807) is 11.3 Å². The van der Waals surface area contributed by atoms with Crippen LogP contribution in [0.5, 0.6) is 0 Å². The summed E-state index contributed by atoms with van der Waals surface area (Å²) in [5, 5.41) is 3.82. The number of hydrogen-bond donors (Lipinski definition) is 2. The molecule has 3 N–H and O–H groups in total. The zero-order valence-electron chi connectivity index (χ0n) is 12.5. The van der Waals surface area contributed by atoms with Gasteiger partial charge in [-0.25, -0.2) is 4.98 Å². The molecule has 2 atom stereocenters. The van der Waals surface area contributed by atoms with Crippen molar-refractivity contribution in [3.8, 4) is 0 Å². The van der Waals surface area contributed by atoms with Gasteiger partial charge >= 0.3 is 0 Å². The van der Waals surface area contributed by atoms with Crippen LogP contribution in [0.3, 0.4) is 0 Å². The Labute approximate surface area is 147 Å². The molecule has 0 fully saturated rings. The predicted octanol–water partition coefficient (Wildman–Crippen LogP) is 3.04. The Morgan fingerprint density at radius 1 is 1.32 bits per heavy atom. The monoisotopic (exact) mass is 361 g/mol. The number of nitrogens with one attached hydrogen (secondary N) is 1. The van der Waals surface area contributed by atoms with Crippen molar-refractivity contribution in [2.24, 2.45) is 5.73 Å². The first-order chi connectivity index (χ1) is 9.56. The molecule has 0 bridgehead atoms. The van der Waals surface area contributed by atoms with Crippen LogP contribution in [0.15, 0.2) is 36.5 Å². The molecule has 2 rings (SSSR count). The molecule has 4 nitrogen and oxygen atoms in total. The standard InChI is InChI=1S/C15H19N3OS.2ClH/c1-10-9-17-15(20-10)11(2)18-14(19)13(16)8-12-6-4-3-5-7-12;;/h3-7,9,11,13H,8,16H2,1-2H3,(H,18,19);2*1H. The van der Waals surface area contributed by atoms with Crippen molar-refractivity contribution in [2.75, 3.05) is 0 Å². The van der Waals surface area contributed by atoms with Gasteiger partial charge in [0.05, 0.1) is 12.1 Å². The fourth-order valence-electron chi connectivity index (χ4n) is 1.92. The number of halogens is 2. The van der Waals surface area contributed by atoms with Crippen molar-refractivity contribution >= 4 is 42.1 Å². The highest BCUT2D eigenvalue weighted by atomic mass is 35.5. The van der Waals surface area contributed by atoms with Gasteiger partial charge in [-0.1, -0.05) is 30.3 Å². The number of nitrogens with two attached hydrogens (primary N) is 1. The molecule has 2 unspecified atom stereocenters. The van der Waals surface area contributed by atoms with E-state index in [1.165, 1.54) is 0 Å². The summed E-state index contributed by atoms with van der Waals surface area (Å²) in [4.78, 5) is 17.5. The van der Waals surface area contributed by atoms with E-state index in [9.17, 15) is 4.79 Å².